The number of benzene rings is 1. The highest BCUT2D eigenvalue weighted by Gasteiger charge is 2.09. The SMILES string of the molecule is C=CC(=O)Nc1cnn(-c2ccc(C)cc2)c1C. The van der Waals surface area contributed by atoms with Gasteiger partial charge in [-0.05, 0) is 32.1 Å². The van der Waals surface area contributed by atoms with Crippen molar-refractivity contribution in [2.45, 2.75) is 13.8 Å². The van der Waals surface area contributed by atoms with Crippen molar-refractivity contribution >= 4 is 11.6 Å². The first-order chi connectivity index (χ1) is 8.61. The van der Waals surface area contributed by atoms with Gasteiger partial charge in [-0.2, -0.15) is 5.10 Å². The summed E-state index contributed by atoms with van der Waals surface area (Å²) in [6.07, 6.45) is 2.87. The van der Waals surface area contributed by atoms with Crippen LogP contribution in [0.15, 0.2) is 43.1 Å². The number of hydrogen-bond acceptors (Lipinski definition) is 2. The van der Waals surface area contributed by atoms with E-state index in [1.165, 1.54) is 11.6 Å². The molecular formula is C14H15N3O. The van der Waals surface area contributed by atoms with Gasteiger partial charge in [0.05, 0.1) is 23.3 Å². The fourth-order valence-corrected chi connectivity index (χ4v) is 1.66. The van der Waals surface area contributed by atoms with Crippen molar-refractivity contribution in [2.75, 3.05) is 5.32 Å². The molecule has 0 atom stereocenters. The summed E-state index contributed by atoms with van der Waals surface area (Å²) in [7, 11) is 0. The monoisotopic (exact) mass is 241 g/mol. The zero-order valence-electron chi connectivity index (χ0n) is 10.5. The molecular weight excluding hydrogens is 226 g/mol. The van der Waals surface area contributed by atoms with Crippen LogP contribution in [0.4, 0.5) is 5.69 Å². The zero-order valence-corrected chi connectivity index (χ0v) is 10.5. The maximum absolute atomic E-state index is 11.3. The second kappa shape index (κ2) is 4.87. The number of carbonyl (C=O) groups excluding carboxylic acids is 1. The Kier molecular flexibility index (Phi) is 3.28. The Hall–Kier alpha value is -2.36. The van der Waals surface area contributed by atoms with Gasteiger partial charge in [0.25, 0.3) is 0 Å². The van der Waals surface area contributed by atoms with Crippen LogP contribution in [0.3, 0.4) is 0 Å². The predicted octanol–water partition coefficient (Wildman–Crippen LogP) is 2.61. The van der Waals surface area contributed by atoms with Crippen LogP contribution >= 0.6 is 0 Å². The van der Waals surface area contributed by atoms with Crippen LogP contribution in [0.25, 0.3) is 5.69 Å². The third-order valence-electron chi connectivity index (χ3n) is 2.73. The molecule has 0 radical (unpaired) electrons. The Labute approximate surface area is 106 Å². The lowest BCUT2D eigenvalue weighted by atomic mass is 10.2. The Bertz CT molecular complexity index is 582. The van der Waals surface area contributed by atoms with E-state index in [1.54, 1.807) is 10.9 Å². The molecule has 92 valence electrons. The van der Waals surface area contributed by atoms with Crippen LogP contribution in [-0.4, -0.2) is 15.7 Å². The number of rotatable bonds is 3. The summed E-state index contributed by atoms with van der Waals surface area (Å²) in [5, 5.41) is 6.99. The van der Waals surface area contributed by atoms with Crippen LogP contribution in [0.1, 0.15) is 11.3 Å². The van der Waals surface area contributed by atoms with E-state index < -0.39 is 0 Å². The summed E-state index contributed by atoms with van der Waals surface area (Å²) in [5.74, 6) is -0.235. The van der Waals surface area contributed by atoms with Gasteiger partial charge in [0.2, 0.25) is 5.91 Å². The molecule has 0 unspecified atom stereocenters. The maximum Gasteiger partial charge on any atom is 0.247 e. The van der Waals surface area contributed by atoms with Crippen LogP contribution in [0.2, 0.25) is 0 Å². The molecule has 1 heterocycles. The van der Waals surface area contributed by atoms with Gasteiger partial charge in [0.1, 0.15) is 0 Å². The first kappa shape index (κ1) is 12.1. The largest absolute Gasteiger partial charge is 0.320 e. The smallest absolute Gasteiger partial charge is 0.247 e. The molecule has 4 nitrogen and oxygen atoms in total. The second-order valence-electron chi connectivity index (χ2n) is 4.08. The lowest BCUT2D eigenvalue weighted by Gasteiger charge is -2.06. The fraction of sp³-hybridized carbons (Fsp3) is 0.143. The minimum Gasteiger partial charge on any atom is -0.320 e. The van der Waals surface area contributed by atoms with Gasteiger partial charge in [-0.1, -0.05) is 24.3 Å². The molecule has 0 aliphatic carbocycles. The average Bonchev–Trinajstić information content (AvgIpc) is 2.72. The molecule has 0 aliphatic rings. The van der Waals surface area contributed by atoms with Crippen molar-refractivity contribution in [3.8, 4) is 5.69 Å². The summed E-state index contributed by atoms with van der Waals surface area (Å²) in [6, 6.07) is 8.04. The van der Waals surface area contributed by atoms with E-state index in [0.717, 1.165) is 11.4 Å². The number of nitrogens with one attached hydrogen (secondary N) is 1. The number of anilines is 1. The van der Waals surface area contributed by atoms with E-state index >= 15 is 0 Å². The Morgan fingerprint density at radius 1 is 1.33 bits per heavy atom. The number of nitrogens with zero attached hydrogens (tertiary/aromatic N) is 2. The average molecular weight is 241 g/mol. The molecule has 0 spiro atoms. The molecule has 0 saturated heterocycles. The Morgan fingerprint density at radius 2 is 2.00 bits per heavy atom. The molecule has 18 heavy (non-hydrogen) atoms. The molecule has 0 bridgehead atoms. The van der Waals surface area contributed by atoms with Crippen molar-refractivity contribution in [1.82, 2.24) is 9.78 Å². The molecule has 0 fully saturated rings. The first-order valence-corrected chi connectivity index (χ1v) is 5.67. The van der Waals surface area contributed by atoms with E-state index in [9.17, 15) is 4.79 Å². The van der Waals surface area contributed by atoms with Gasteiger partial charge in [-0.3, -0.25) is 4.79 Å². The van der Waals surface area contributed by atoms with Gasteiger partial charge >= 0.3 is 0 Å². The van der Waals surface area contributed by atoms with Crippen LogP contribution < -0.4 is 5.32 Å². The molecule has 0 aliphatic heterocycles. The quantitative estimate of drug-likeness (QED) is 0.840. The van der Waals surface area contributed by atoms with E-state index in [0.29, 0.717) is 5.69 Å². The summed E-state index contributed by atoms with van der Waals surface area (Å²) in [4.78, 5) is 11.3. The Morgan fingerprint density at radius 3 is 2.61 bits per heavy atom. The number of carbonyl (C=O) groups is 1. The van der Waals surface area contributed by atoms with Crippen molar-refractivity contribution < 1.29 is 4.79 Å². The highest BCUT2D eigenvalue weighted by atomic mass is 16.1. The summed E-state index contributed by atoms with van der Waals surface area (Å²) in [6.45, 7) is 7.37. The van der Waals surface area contributed by atoms with Crippen molar-refractivity contribution in [1.29, 1.82) is 0 Å². The number of hydrogen-bond donors (Lipinski definition) is 1. The van der Waals surface area contributed by atoms with Gasteiger partial charge in [-0.25, -0.2) is 4.68 Å². The number of aromatic nitrogens is 2. The first-order valence-electron chi connectivity index (χ1n) is 5.67. The third-order valence-corrected chi connectivity index (χ3v) is 2.73. The third kappa shape index (κ3) is 2.32. The number of amides is 1. The van der Waals surface area contributed by atoms with Crippen LogP contribution in [-0.2, 0) is 4.79 Å². The van der Waals surface area contributed by atoms with Gasteiger partial charge in [0, 0.05) is 0 Å². The molecule has 2 aromatic rings. The van der Waals surface area contributed by atoms with E-state index in [2.05, 4.69) is 17.0 Å². The molecule has 0 saturated carbocycles. The standard InChI is InChI=1S/C14H15N3O/c1-4-14(18)16-13-9-15-17(11(13)3)12-7-5-10(2)6-8-12/h4-9H,1H2,2-3H3,(H,16,18). The van der Waals surface area contributed by atoms with Gasteiger partial charge < -0.3 is 5.32 Å². The zero-order chi connectivity index (χ0) is 13.1. The molecule has 1 N–H and O–H groups in total. The highest BCUT2D eigenvalue weighted by molar-refractivity contribution is 5.99. The van der Waals surface area contributed by atoms with Crippen molar-refractivity contribution in [2.24, 2.45) is 0 Å². The predicted molar refractivity (Wildman–Crippen MR) is 71.9 cm³/mol. The second-order valence-corrected chi connectivity index (χ2v) is 4.08. The molecule has 1 aromatic heterocycles. The number of aryl methyl sites for hydroxylation is 1. The van der Waals surface area contributed by atoms with E-state index in [4.69, 9.17) is 0 Å². The highest BCUT2D eigenvalue weighted by Crippen LogP contribution is 2.18. The maximum atomic E-state index is 11.3. The van der Waals surface area contributed by atoms with Gasteiger partial charge in [-0.15, -0.1) is 0 Å². The molecule has 1 aromatic carbocycles. The van der Waals surface area contributed by atoms with E-state index in [-0.39, 0.29) is 5.91 Å². The summed E-state index contributed by atoms with van der Waals surface area (Å²) in [5.41, 5.74) is 3.75. The summed E-state index contributed by atoms with van der Waals surface area (Å²) >= 11 is 0. The fourth-order valence-electron chi connectivity index (χ4n) is 1.66. The minimum absolute atomic E-state index is 0.235. The molecule has 1 amide bonds. The Balaban J connectivity index is 2.33. The van der Waals surface area contributed by atoms with E-state index in [1.807, 2.05) is 38.1 Å². The van der Waals surface area contributed by atoms with Gasteiger partial charge in [0.15, 0.2) is 0 Å². The molecule has 2 rings (SSSR count). The summed E-state index contributed by atoms with van der Waals surface area (Å²) < 4.78 is 1.79. The lowest BCUT2D eigenvalue weighted by molar-refractivity contribution is -0.111. The minimum atomic E-state index is -0.235. The molecule has 4 heteroatoms. The van der Waals surface area contributed by atoms with Crippen LogP contribution in [0, 0.1) is 13.8 Å². The van der Waals surface area contributed by atoms with Crippen LogP contribution in [0.5, 0.6) is 0 Å². The van der Waals surface area contributed by atoms with Crippen molar-refractivity contribution in [3.63, 3.8) is 0 Å². The topological polar surface area (TPSA) is 46.9 Å². The lowest BCUT2D eigenvalue weighted by Crippen LogP contribution is -2.08. The normalized spacial score (nSPS) is 10.1. The van der Waals surface area contributed by atoms with Crippen molar-refractivity contribution in [3.05, 3.63) is 54.4 Å².